The highest BCUT2D eigenvalue weighted by molar-refractivity contribution is 7.90. The first-order valence-corrected chi connectivity index (χ1v) is 6.73. The molecule has 0 aliphatic carbocycles. The quantitative estimate of drug-likeness (QED) is 0.739. The number of hydrogen-bond donors (Lipinski definition) is 1. The third kappa shape index (κ3) is 3.54. The highest BCUT2D eigenvalue weighted by Crippen LogP contribution is 2.17. The summed E-state index contributed by atoms with van der Waals surface area (Å²) in [7, 11) is -0.462. The van der Waals surface area contributed by atoms with Gasteiger partial charge in [-0.25, -0.2) is 8.42 Å². The van der Waals surface area contributed by atoms with Crippen LogP contribution in [-0.2, 0) is 14.8 Å². The van der Waals surface area contributed by atoms with Gasteiger partial charge in [-0.05, 0) is 13.3 Å². The van der Waals surface area contributed by atoms with E-state index >= 15 is 0 Å². The zero-order chi connectivity index (χ0) is 12.5. The van der Waals surface area contributed by atoms with E-state index in [4.69, 9.17) is 5.73 Å². The monoisotopic (exact) mass is 285 g/mol. The van der Waals surface area contributed by atoms with Crippen LogP contribution in [0.4, 0.5) is 0 Å². The molecular formula is C9H20ClN3O3S. The van der Waals surface area contributed by atoms with E-state index in [0.717, 1.165) is 0 Å². The van der Waals surface area contributed by atoms with Crippen LogP contribution in [0, 0.1) is 0 Å². The summed E-state index contributed by atoms with van der Waals surface area (Å²) >= 11 is 0. The Morgan fingerprint density at radius 2 is 2.00 bits per heavy atom. The Morgan fingerprint density at radius 1 is 1.47 bits per heavy atom. The number of nitrogens with two attached hydrogens (primary N) is 1. The molecule has 1 rings (SSSR count). The lowest BCUT2D eigenvalue weighted by atomic mass is 10.3. The number of nitrogens with zero attached hydrogens (tertiary/aromatic N) is 2. The predicted molar refractivity (Wildman–Crippen MR) is 68.5 cm³/mol. The van der Waals surface area contributed by atoms with Gasteiger partial charge in [0, 0.05) is 33.2 Å². The first-order chi connectivity index (χ1) is 7.26. The second kappa shape index (κ2) is 5.99. The molecule has 2 N–H and O–H groups in total. The minimum absolute atomic E-state index is 0. The SMILES string of the molecule is CC(C(=O)N(C)C)S(=O)(=O)N1CC[C@@H](N)C1.Cl. The summed E-state index contributed by atoms with van der Waals surface area (Å²) in [6.07, 6.45) is 0.655. The summed E-state index contributed by atoms with van der Waals surface area (Å²) in [4.78, 5) is 12.9. The van der Waals surface area contributed by atoms with E-state index in [1.54, 1.807) is 14.1 Å². The first-order valence-electron chi connectivity index (χ1n) is 5.22. The van der Waals surface area contributed by atoms with Crippen LogP contribution < -0.4 is 5.73 Å². The van der Waals surface area contributed by atoms with Crippen molar-refractivity contribution in [3.8, 4) is 0 Å². The van der Waals surface area contributed by atoms with Crippen molar-refractivity contribution >= 4 is 28.3 Å². The number of amides is 1. The van der Waals surface area contributed by atoms with Crippen LogP contribution in [0.3, 0.4) is 0 Å². The summed E-state index contributed by atoms with van der Waals surface area (Å²) in [5, 5.41) is -1.03. The Morgan fingerprint density at radius 3 is 2.35 bits per heavy atom. The maximum atomic E-state index is 12.0. The zero-order valence-electron chi connectivity index (χ0n) is 10.3. The van der Waals surface area contributed by atoms with Gasteiger partial charge in [0.15, 0.2) is 5.25 Å². The Bertz CT molecular complexity index is 372. The van der Waals surface area contributed by atoms with E-state index < -0.39 is 21.2 Å². The largest absolute Gasteiger partial charge is 0.348 e. The second-order valence-corrected chi connectivity index (χ2v) is 6.58. The van der Waals surface area contributed by atoms with Crippen molar-refractivity contribution in [2.45, 2.75) is 24.6 Å². The molecule has 1 unspecified atom stereocenters. The van der Waals surface area contributed by atoms with Gasteiger partial charge < -0.3 is 10.6 Å². The van der Waals surface area contributed by atoms with E-state index in [0.29, 0.717) is 19.5 Å². The molecule has 0 spiro atoms. The Hall–Kier alpha value is -0.370. The molecule has 1 aliphatic heterocycles. The van der Waals surface area contributed by atoms with Crippen LogP contribution in [-0.4, -0.2) is 62.0 Å². The maximum Gasteiger partial charge on any atom is 0.241 e. The number of carbonyl (C=O) groups is 1. The van der Waals surface area contributed by atoms with Crippen LogP contribution in [0.25, 0.3) is 0 Å². The van der Waals surface area contributed by atoms with Gasteiger partial charge in [0.25, 0.3) is 0 Å². The summed E-state index contributed by atoms with van der Waals surface area (Å²) in [6.45, 7) is 2.14. The molecule has 0 bridgehead atoms. The number of carbonyl (C=O) groups excluding carboxylic acids is 1. The topological polar surface area (TPSA) is 83.7 Å². The molecule has 0 radical (unpaired) electrons. The number of sulfonamides is 1. The zero-order valence-corrected chi connectivity index (χ0v) is 11.9. The average Bonchev–Trinajstić information content (AvgIpc) is 2.62. The minimum atomic E-state index is -3.55. The third-order valence-electron chi connectivity index (χ3n) is 2.78. The molecule has 6 nitrogen and oxygen atoms in total. The average molecular weight is 286 g/mol. The number of halogens is 1. The third-order valence-corrected chi connectivity index (χ3v) is 4.93. The first kappa shape index (κ1) is 16.6. The summed E-state index contributed by atoms with van der Waals surface area (Å²) < 4.78 is 25.4. The molecule has 8 heteroatoms. The minimum Gasteiger partial charge on any atom is -0.348 e. The highest BCUT2D eigenvalue weighted by atomic mass is 35.5. The maximum absolute atomic E-state index is 12.0. The van der Waals surface area contributed by atoms with Crippen LogP contribution in [0.1, 0.15) is 13.3 Å². The van der Waals surface area contributed by atoms with Gasteiger partial charge in [0.2, 0.25) is 15.9 Å². The molecule has 0 aromatic rings. The van der Waals surface area contributed by atoms with Crippen molar-refractivity contribution in [3.63, 3.8) is 0 Å². The predicted octanol–water partition coefficient (Wildman–Crippen LogP) is -0.752. The van der Waals surface area contributed by atoms with E-state index in [1.807, 2.05) is 0 Å². The fourth-order valence-electron chi connectivity index (χ4n) is 1.70. The summed E-state index contributed by atoms with van der Waals surface area (Å²) in [6, 6.07) is -0.114. The van der Waals surface area contributed by atoms with Crippen molar-refractivity contribution in [2.24, 2.45) is 5.73 Å². The molecule has 2 atom stereocenters. The highest BCUT2D eigenvalue weighted by Gasteiger charge is 2.37. The number of rotatable bonds is 3. The van der Waals surface area contributed by atoms with Crippen LogP contribution in [0.5, 0.6) is 0 Å². The van der Waals surface area contributed by atoms with Crippen LogP contribution in [0.2, 0.25) is 0 Å². The lowest BCUT2D eigenvalue weighted by Gasteiger charge is -2.22. The molecule has 1 fully saturated rings. The Labute approximate surface area is 109 Å². The van der Waals surface area contributed by atoms with Gasteiger partial charge in [-0.15, -0.1) is 12.4 Å². The molecule has 102 valence electrons. The Balaban J connectivity index is 0.00000256. The lowest BCUT2D eigenvalue weighted by molar-refractivity contribution is -0.128. The van der Waals surface area contributed by atoms with E-state index in [9.17, 15) is 13.2 Å². The summed E-state index contributed by atoms with van der Waals surface area (Å²) in [5.41, 5.74) is 5.66. The van der Waals surface area contributed by atoms with E-state index in [2.05, 4.69) is 0 Å². The molecule has 1 heterocycles. The van der Waals surface area contributed by atoms with Crippen molar-refractivity contribution in [3.05, 3.63) is 0 Å². The van der Waals surface area contributed by atoms with Gasteiger partial charge >= 0.3 is 0 Å². The molecular weight excluding hydrogens is 266 g/mol. The molecule has 1 saturated heterocycles. The number of hydrogen-bond acceptors (Lipinski definition) is 4. The molecule has 17 heavy (non-hydrogen) atoms. The van der Waals surface area contributed by atoms with Crippen LogP contribution in [0.15, 0.2) is 0 Å². The van der Waals surface area contributed by atoms with E-state index in [1.165, 1.54) is 16.1 Å². The van der Waals surface area contributed by atoms with E-state index in [-0.39, 0.29) is 18.4 Å². The standard InChI is InChI=1S/C9H19N3O3S.ClH/c1-7(9(13)11(2)3)16(14,15)12-5-4-8(10)6-12;/h7-8H,4-6,10H2,1-3H3;1H/t7?,8-;/m1./s1. The van der Waals surface area contributed by atoms with Gasteiger partial charge in [-0.1, -0.05) is 0 Å². The van der Waals surface area contributed by atoms with Crippen molar-refractivity contribution in [2.75, 3.05) is 27.2 Å². The van der Waals surface area contributed by atoms with Crippen molar-refractivity contribution < 1.29 is 13.2 Å². The smallest absolute Gasteiger partial charge is 0.241 e. The van der Waals surface area contributed by atoms with Crippen molar-refractivity contribution in [1.29, 1.82) is 0 Å². The fraction of sp³-hybridized carbons (Fsp3) is 0.889. The van der Waals surface area contributed by atoms with Gasteiger partial charge in [0.05, 0.1) is 0 Å². The molecule has 0 saturated carbocycles. The summed E-state index contributed by atoms with van der Waals surface area (Å²) in [5.74, 6) is -0.402. The van der Waals surface area contributed by atoms with Crippen molar-refractivity contribution in [1.82, 2.24) is 9.21 Å². The van der Waals surface area contributed by atoms with Gasteiger partial charge in [-0.3, -0.25) is 4.79 Å². The molecule has 0 aromatic carbocycles. The van der Waals surface area contributed by atoms with Gasteiger partial charge in [0.1, 0.15) is 0 Å². The molecule has 1 amide bonds. The normalized spacial score (nSPS) is 22.9. The Kier molecular flexibility index (Phi) is 5.86. The second-order valence-electron chi connectivity index (χ2n) is 4.33. The molecule has 0 aromatic heterocycles. The van der Waals surface area contributed by atoms with Crippen LogP contribution >= 0.6 is 12.4 Å². The van der Waals surface area contributed by atoms with Gasteiger partial charge in [-0.2, -0.15) is 4.31 Å². The fourth-order valence-corrected chi connectivity index (χ4v) is 3.37. The lowest BCUT2D eigenvalue weighted by Crippen LogP contribution is -2.45. The molecule has 1 aliphatic rings.